The zero-order valence-corrected chi connectivity index (χ0v) is 16.4. The number of benzene rings is 1. The van der Waals surface area contributed by atoms with Gasteiger partial charge < -0.3 is 15.0 Å². The van der Waals surface area contributed by atoms with Crippen LogP contribution in [0.25, 0.3) is 5.69 Å². The van der Waals surface area contributed by atoms with Crippen LogP contribution in [0.15, 0.2) is 42.6 Å². The average Bonchev–Trinajstić information content (AvgIpc) is 3.25. The molecule has 0 atom stereocenters. The number of carbonyl (C=O) groups is 2. The van der Waals surface area contributed by atoms with Gasteiger partial charge >= 0.3 is 5.97 Å². The summed E-state index contributed by atoms with van der Waals surface area (Å²) in [7, 11) is 0. The highest BCUT2D eigenvalue weighted by molar-refractivity contribution is 5.95. The minimum atomic E-state index is -1.07. The number of amides is 1. The second-order valence-electron chi connectivity index (χ2n) is 7.05. The molecule has 7 heteroatoms. The molecule has 3 rings (SSSR count). The topological polar surface area (TPSA) is 89.2 Å². The van der Waals surface area contributed by atoms with Gasteiger partial charge in [0.2, 0.25) is 0 Å². The smallest absolute Gasteiger partial charge is 0.356 e. The van der Waals surface area contributed by atoms with Crippen molar-refractivity contribution in [1.82, 2.24) is 19.7 Å². The largest absolute Gasteiger partial charge is 0.476 e. The number of aryl methyl sites for hydroxylation is 1. The van der Waals surface area contributed by atoms with E-state index in [1.165, 1.54) is 10.7 Å². The van der Waals surface area contributed by atoms with Crippen molar-refractivity contribution in [2.75, 3.05) is 0 Å². The van der Waals surface area contributed by atoms with Crippen LogP contribution in [-0.2, 0) is 6.54 Å². The summed E-state index contributed by atoms with van der Waals surface area (Å²) in [5, 5.41) is 16.0. The highest BCUT2D eigenvalue weighted by atomic mass is 16.4. The van der Waals surface area contributed by atoms with Gasteiger partial charge in [0.05, 0.1) is 11.3 Å². The molecule has 1 aromatic carbocycles. The van der Waals surface area contributed by atoms with Gasteiger partial charge in [0, 0.05) is 30.2 Å². The first-order valence-corrected chi connectivity index (χ1v) is 9.13. The maximum absolute atomic E-state index is 12.7. The van der Waals surface area contributed by atoms with E-state index >= 15 is 0 Å². The first kappa shape index (κ1) is 19.4. The minimum Gasteiger partial charge on any atom is -0.476 e. The Labute approximate surface area is 163 Å². The predicted molar refractivity (Wildman–Crippen MR) is 106 cm³/mol. The third-order valence-corrected chi connectivity index (χ3v) is 4.68. The zero-order chi connectivity index (χ0) is 20.4. The van der Waals surface area contributed by atoms with Crippen molar-refractivity contribution in [3.63, 3.8) is 0 Å². The fraction of sp³-hybridized carbons (Fsp3) is 0.286. The molecule has 0 aliphatic heterocycles. The molecule has 0 bridgehead atoms. The first-order chi connectivity index (χ1) is 13.3. The Kier molecular flexibility index (Phi) is 5.35. The molecule has 2 aromatic heterocycles. The predicted octanol–water partition coefficient (Wildman–Crippen LogP) is 3.50. The normalized spacial score (nSPS) is 11.0. The van der Waals surface area contributed by atoms with Gasteiger partial charge in [-0.05, 0) is 57.5 Å². The second-order valence-corrected chi connectivity index (χ2v) is 7.05. The van der Waals surface area contributed by atoms with E-state index in [-0.39, 0.29) is 11.6 Å². The molecule has 0 fully saturated rings. The molecule has 146 valence electrons. The average molecular weight is 380 g/mol. The van der Waals surface area contributed by atoms with Crippen LogP contribution >= 0.6 is 0 Å². The van der Waals surface area contributed by atoms with Gasteiger partial charge in [0.15, 0.2) is 5.69 Å². The van der Waals surface area contributed by atoms with Gasteiger partial charge in [-0.25, -0.2) is 9.48 Å². The Balaban J connectivity index is 1.74. The summed E-state index contributed by atoms with van der Waals surface area (Å²) in [5.41, 5.74) is 4.32. The lowest BCUT2D eigenvalue weighted by molar-refractivity contribution is 0.0689. The number of carboxylic acid groups (broad SMARTS) is 1. The summed E-state index contributed by atoms with van der Waals surface area (Å²) in [6.07, 6.45) is 1.60. The van der Waals surface area contributed by atoms with Crippen molar-refractivity contribution in [1.29, 1.82) is 0 Å². The highest BCUT2D eigenvalue weighted by Gasteiger charge is 2.17. The number of nitrogens with zero attached hydrogens (tertiary/aromatic N) is 3. The van der Waals surface area contributed by atoms with Crippen LogP contribution in [0, 0.1) is 13.8 Å². The molecule has 0 unspecified atom stereocenters. The fourth-order valence-electron chi connectivity index (χ4n) is 3.47. The summed E-state index contributed by atoms with van der Waals surface area (Å²) in [6.45, 7) is 8.52. The molecule has 28 heavy (non-hydrogen) atoms. The van der Waals surface area contributed by atoms with Gasteiger partial charge in [-0.15, -0.1) is 0 Å². The molecule has 0 aliphatic carbocycles. The van der Waals surface area contributed by atoms with E-state index in [0.717, 1.165) is 22.6 Å². The molecule has 2 N–H and O–H groups in total. The minimum absolute atomic E-state index is 0.0146. The number of aromatic carboxylic acids is 1. The Morgan fingerprint density at radius 3 is 2.54 bits per heavy atom. The lowest BCUT2D eigenvalue weighted by Gasteiger charge is -2.13. The monoisotopic (exact) mass is 380 g/mol. The Morgan fingerprint density at radius 2 is 1.93 bits per heavy atom. The van der Waals surface area contributed by atoms with E-state index in [9.17, 15) is 9.59 Å². The van der Waals surface area contributed by atoms with E-state index in [0.29, 0.717) is 18.2 Å². The molecule has 0 aliphatic rings. The van der Waals surface area contributed by atoms with Crippen LogP contribution in [0.3, 0.4) is 0 Å². The van der Waals surface area contributed by atoms with Crippen LogP contribution in [-0.4, -0.2) is 31.3 Å². The van der Waals surface area contributed by atoms with Crippen molar-refractivity contribution in [2.24, 2.45) is 0 Å². The van der Waals surface area contributed by atoms with E-state index in [2.05, 4.69) is 28.8 Å². The van der Waals surface area contributed by atoms with Crippen molar-refractivity contribution >= 4 is 11.9 Å². The lowest BCUT2D eigenvalue weighted by Crippen LogP contribution is -2.23. The van der Waals surface area contributed by atoms with Crippen molar-refractivity contribution in [3.05, 3.63) is 70.8 Å². The Bertz CT molecular complexity index is 1030. The van der Waals surface area contributed by atoms with Gasteiger partial charge in [-0.3, -0.25) is 4.79 Å². The number of hydrogen-bond acceptors (Lipinski definition) is 3. The molecule has 1 amide bonds. The van der Waals surface area contributed by atoms with Crippen LogP contribution < -0.4 is 5.32 Å². The maximum Gasteiger partial charge on any atom is 0.356 e. The summed E-state index contributed by atoms with van der Waals surface area (Å²) in [4.78, 5) is 23.6. The van der Waals surface area contributed by atoms with Crippen LogP contribution in [0.4, 0.5) is 0 Å². The number of carbonyl (C=O) groups excluding carboxylic acids is 1. The number of carboxylic acids is 1. The molecule has 3 aromatic rings. The van der Waals surface area contributed by atoms with E-state index < -0.39 is 5.97 Å². The lowest BCUT2D eigenvalue weighted by atomic mass is 10.2. The summed E-state index contributed by atoms with van der Waals surface area (Å²) < 4.78 is 3.65. The van der Waals surface area contributed by atoms with Gasteiger partial charge in [0.25, 0.3) is 5.91 Å². The molecule has 2 heterocycles. The van der Waals surface area contributed by atoms with Crippen LogP contribution in [0.2, 0.25) is 0 Å². The molecular weight excluding hydrogens is 356 g/mol. The molecule has 0 radical (unpaired) electrons. The number of aromatic nitrogens is 3. The Morgan fingerprint density at radius 1 is 1.18 bits per heavy atom. The standard InChI is InChI=1S/C21H24N4O3/c1-13(2)25-14(3)10-18(15(25)4)20(26)22-12-16-6-5-7-17(11-16)24-9-8-19(23-24)21(27)28/h5-11,13H,12H2,1-4H3,(H,22,26)(H,27,28). The zero-order valence-electron chi connectivity index (χ0n) is 16.4. The molecular formula is C21H24N4O3. The number of hydrogen-bond donors (Lipinski definition) is 2. The number of rotatable bonds is 6. The summed E-state index contributed by atoms with van der Waals surface area (Å²) in [6, 6.07) is 11.1. The van der Waals surface area contributed by atoms with Crippen molar-refractivity contribution < 1.29 is 14.7 Å². The van der Waals surface area contributed by atoms with E-state index in [4.69, 9.17) is 5.11 Å². The van der Waals surface area contributed by atoms with Gasteiger partial charge in [-0.2, -0.15) is 5.10 Å². The molecule has 0 saturated carbocycles. The summed E-state index contributed by atoms with van der Waals surface area (Å²) >= 11 is 0. The third-order valence-electron chi connectivity index (χ3n) is 4.68. The van der Waals surface area contributed by atoms with Gasteiger partial charge in [0.1, 0.15) is 0 Å². The molecule has 0 spiro atoms. The quantitative estimate of drug-likeness (QED) is 0.685. The summed E-state index contributed by atoms with van der Waals surface area (Å²) in [5.74, 6) is -1.18. The van der Waals surface area contributed by atoms with E-state index in [1.807, 2.05) is 44.2 Å². The fourth-order valence-corrected chi connectivity index (χ4v) is 3.47. The maximum atomic E-state index is 12.7. The molecule has 0 saturated heterocycles. The highest BCUT2D eigenvalue weighted by Crippen LogP contribution is 2.20. The van der Waals surface area contributed by atoms with Gasteiger partial charge in [-0.1, -0.05) is 12.1 Å². The van der Waals surface area contributed by atoms with E-state index in [1.54, 1.807) is 6.20 Å². The van der Waals surface area contributed by atoms with Crippen LogP contribution in [0.5, 0.6) is 0 Å². The Hall–Kier alpha value is -3.35. The second kappa shape index (κ2) is 7.72. The molecule has 7 nitrogen and oxygen atoms in total. The van der Waals surface area contributed by atoms with Crippen LogP contribution in [0.1, 0.15) is 57.7 Å². The van der Waals surface area contributed by atoms with Crippen molar-refractivity contribution in [2.45, 2.75) is 40.3 Å². The van der Waals surface area contributed by atoms with Crippen molar-refractivity contribution in [3.8, 4) is 5.69 Å². The number of nitrogens with one attached hydrogen (secondary N) is 1. The first-order valence-electron chi connectivity index (χ1n) is 9.13. The SMILES string of the molecule is Cc1cc(C(=O)NCc2cccc(-n3ccc(C(=O)O)n3)c2)c(C)n1C(C)C. The third kappa shape index (κ3) is 3.83.